The molecule has 1 N–H and O–H groups in total. The number of fused-ring (bicyclic) bond motifs is 4. The monoisotopic (exact) mass is 619 g/mol. The Labute approximate surface area is 256 Å². The van der Waals surface area contributed by atoms with Crippen molar-refractivity contribution in [2.45, 2.75) is 56.3 Å². The maximum absolute atomic E-state index is 16.9. The first-order chi connectivity index (χ1) is 21.8. The molecular weight excluding hydrogens is 590 g/mol. The van der Waals surface area contributed by atoms with Gasteiger partial charge >= 0.3 is 6.01 Å². The summed E-state index contributed by atoms with van der Waals surface area (Å²) < 4.78 is 73.0. The van der Waals surface area contributed by atoms with E-state index in [9.17, 15) is 18.3 Å². The van der Waals surface area contributed by atoms with E-state index in [2.05, 4.69) is 25.7 Å². The number of pyridine rings is 1. The van der Waals surface area contributed by atoms with Gasteiger partial charge in [0.05, 0.1) is 17.1 Å². The number of phenols is 1. The van der Waals surface area contributed by atoms with Crippen LogP contribution in [0.4, 0.5) is 23.4 Å². The summed E-state index contributed by atoms with van der Waals surface area (Å²) in [5.41, 5.74) is -1.41. The van der Waals surface area contributed by atoms with E-state index in [1.165, 1.54) is 12.1 Å². The van der Waals surface area contributed by atoms with Crippen LogP contribution in [0.3, 0.4) is 0 Å². The molecule has 0 amide bonds. The van der Waals surface area contributed by atoms with Crippen LogP contribution >= 0.6 is 0 Å². The molecular formula is C33H29F4N5O3. The van der Waals surface area contributed by atoms with E-state index in [0.29, 0.717) is 25.3 Å². The highest BCUT2D eigenvalue weighted by Crippen LogP contribution is 2.45. The average molecular weight is 620 g/mol. The third kappa shape index (κ3) is 4.35. The Kier molecular flexibility index (Phi) is 6.46. The summed E-state index contributed by atoms with van der Waals surface area (Å²) in [4.78, 5) is 18.0. The molecule has 3 fully saturated rings. The van der Waals surface area contributed by atoms with Crippen LogP contribution in [0.1, 0.15) is 44.1 Å². The number of piperidine rings is 1. The van der Waals surface area contributed by atoms with E-state index in [1.807, 2.05) is 0 Å². The minimum absolute atomic E-state index is 0.00591. The Morgan fingerprint density at radius 2 is 1.93 bits per heavy atom. The Hall–Kier alpha value is -4.37. The van der Waals surface area contributed by atoms with Gasteiger partial charge in [-0.2, -0.15) is 9.97 Å². The van der Waals surface area contributed by atoms with Crippen LogP contribution in [-0.4, -0.2) is 75.6 Å². The number of rotatable bonds is 4. The zero-order valence-corrected chi connectivity index (χ0v) is 24.3. The molecule has 4 aliphatic heterocycles. The molecule has 3 atom stereocenters. The average Bonchev–Trinajstić information content (AvgIpc) is 3.50. The van der Waals surface area contributed by atoms with E-state index in [4.69, 9.17) is 20.9 Å². The first-order valence-corrected chi connectivity index (χ1v) is 15.2. The first-order valence-electron chi connectivity index (χ1n) is 15.2. The number of aromatic hydroxyl groups is 1. The van der Waals surface area contributed by atoms with Gasteiger partial charge in [-0.05, 0) is 62.2 Å². The van der Waals surface area contributed by atoms with Crippen LogP contribution in [0, 0.1) is 29.8 Å². The summed E-state index contributed by atoms with van der Waals surface area (Å²) in [6.45, 7) is 2.21. The summed E-state index contributed by atoms with van der Waals surface area (Å²) in [6.07, 6.45) is 9.43. The molecule has 0 saturated carbocycles. The quantitative estimate of drug-likeness (QED) is 0.232. The molecule has 6 heterocycles. The lowest BCUT2D eigenvalue weighted by molar-refractivity contribution is 0.107. The highest BCUT2D eigenvalue weighted by molar-refractivity contribution is 6.04. The SMILES string of the molecule is C#Cc1c(F)c(F)cc2cc(O)cc(-c3nc4c5c(nc(OC[C@@]67CCCN6C[C@H](F)C7)nc5c3F)N3CCCC[C@H]3CO4)c12. The summed E-state index contributed by atoms with van der Waals surface area (Å²) in [6, 6.07) is 3.19. The minimum Gasteiger partial charge on any atom is -0.508 e. The van der Waals surface area contributed by atoms with E-state index < -0.39 is 34.7 Å². The van der Waals surface area contributed by atoms with Gasteiger partial charge in [0.15, 0.2) is 17.5 Å². The second kappa shape index (κ2) is 10.3. The molecule has 45 heavy (non-hydrogen) atoms. The van der Waals surface area contributed by atoms with Gasteiger partial charge in [-0.1, -0.05) is 5.92 Å². The Balaban J connectivity index is 1.34. The number of ether oxygens (including phenoxy) is 2. The van der Waals surface area contributed by atoms with Crippen LogP contribution in [0.25, 0.3) is 32.9 Å². The van der Waals surface area contributed by atoms with Crippen molar-refractivity contribution in [2.24, 2.45) is 0 Å². The number of terminal acetylenes is 1. The summed E-state index contributed by atoms with van der Waals surface area (Å²) in [5.74, 6) is -1.03. The summed E-state index contributed by atoms with van der Waals surface area (Å²) in [7, 11) is 0. The Morgan fingerprint density at radius 3 is 2.78 bits per heavy atom. The van der Waals surface area contributed by atoms with Crippen molar-refractivity contribution < 1.29 is 32.1 Å². The van der Waals surface area contributed by atoms with Gasteiger partial charge in [0.1, 0.15) is 47.5 Å². The van der Waals surface area contributed by atoms with Crippen LogP contribution in [-0.2, 0) is 0 Å². The zero-order valence-electron chi connectivity index (χ0n) is 24.3. The van der Waals surface area contributed by atoms with Gasteiger partial charge in [0, 0.05) is 30.5 Å². The van der Waals surface area contributed by atoms with Crippen LogP contribution in [0.5, 0.6) is 17.6 Å². The third-order valence-corrected chi connectivity index (χ3v) is 9.77. The molecule has 12 heteroatoms. The predicted octanol–water partition coefficient (Wildman–Crippen LogP) is 5.66. The van der Waals surface area contributed by atoms with Crippen molar-refractivity contribution in [3.8, 4) is 41.2 Å². The number of nitrogens with zero attached hydrogens (tertiary/aromatic N) is 5. The highest BCUT2D eigenvalue weighted by Gasteiger charge is 2.49. The molecule has 0 unspecified atom stereocenters. The summed E-state index contributed by atoms with van der Waals surface area (Å²) >= 11 is 0. The van der Waals surface area contributed by atoms with E-state index >= 15 is 4.39 Å². The first kappa shape index (κ1) is 28.1. The fraction of sp³-hybridized carbons (Fsp3) is 0.424. The van der Waals surface area contributed by atoms with Crippen LogP contribution in [0.15, 0.2) is 18.2 Å². The summed E-state index contributed by atoms with van der Waals surface area (Å²) in [5, 5.41) is 10.9. The van der Waals surface area contributed by atoms with Gasteiger partial charge in [-0.15, -0.1) is 6.42 Å². The lowest BCUT2D eigenvalue weighted by Crippen LogP contribution is -2.44. The lowest BCUT2D eigenvalue weighted by atomic mass is 9.95. The number of hydrogen-bond acceptors (Lipinski definition) is 8. The van der Waals surface area contributed by atoms with Crippen molar-refractivity contribution in [2.75, 3.05) is 37.7 Å². The van der Waals surface area contributed by atoms with Crippen molar-refractivity contribution in [3.05, 3.63) is 41.2 Å². The number of phenolic OH excluding ortho intramolecular Hbond substituents is 1. The van der Waals surface area contributed by atoms with E-state index in [0.717, 1.165) is 44.7 Å². The Morgan fingerprint density at radius 1 is 1.07 bits per heavy atom. The molecule has 8 rings (SSSR count). The van der Waals surface area contributed by atoms with Gasteiger partial charge < -0.3 is 19.5 Å². The van der Waals surface area contributed by atoms with Gasteiger partial charge in [0.25, 0.3) is 0 Å². The van der Waals surface area contributed by atoms with Gasteiger partial charge in [-0.3, -0.25) is 4.90 Å². The second-order valence-corrected chi connectivity index (χ2v) is 12.4. The molecule has 232 valence electrons. The molecule has 3 saturated heterocycles. The predicted molar refractivity (Wildman–Crippen MR) is 159 cm³/mol. The lowest BCUT2D eigenvalue weighted by Gasteiger charge is -2.35. The molecule has 4 aromatic rings. The highest BCUT2D eigenvalue weighted by atomic mass is 19.2. The van der Waals surface area contributed by atoms with E-state index in [1.54, 1.807) is 0 Å². The topological polar surface area (TPSA) is 83.8 Å². The number of benzene rings is 2. The van der Waals surface area contributed by atoms with Crippen molar-refractivity contribution in [1.82, 2.24) is 19.9 Å². The van der Waals surface area contributed by atoms with Gasteiger partial charge in [-0.25, -0.2) is 22.5 Å². The molecule has 8 nitrogen and oxygen atoms in total. The number of halogens is 4. The van der Waals surface area contributed by atoms with E-state index in [-0.39, 0.29) is 69.8 Å². The molecule has 4 aliphatic rings. The molecule has 0 bridgehead atoms. The fourth-order valence-electron chi connectivity index (χ4n) is 7.73. The smallest absolute Gasteiger partial charge is 0.319 e. The number of alkyl halides is 1. The normalized spacial score (nSPS) is 24.3. The molecule has 0 spiro atoms. The maximum Gasteiger partial charge on any atom is 0.319 e. The molecule has 2 aromatic carbocycles. The largest absolute Gasteiger partial charge is 0.508 e. The number of hydrogen-bond donors (Lipinski definition) is 1. The molecule has 0 radical (unpaired) electrons. The number of anilines is 1. The molecule has 0 aliphatic carbocycles. The number of aromatic nitrogens is 3. The zero-order chi connectivity index (χ0) is 31.0. The second-order valence-electron chi connectivity index (χ2n) is 12.4. The van der Waals surface area contributed by atoms with Crippen LogP contribution < -0.4 is 14.4 Å². The van der Waals surface area contributed by atoms with Gasteiger partial charge in [0.2, 0.25) is 5.88 Å². The Bertz CT molecular complexity index is 1930. The standard InChI is InChI=1S/C33H29F4N5O3/c1-2-21-24-17(11-23(35)26(21)36)10-20(43)12-22(24)28-27(37)29-25-30(42-9-4-3-6-19(42)15-44-31(25)38-28)40-32(39-29)45-16-33-7-5-8-41(33)14-18(34)13-33/h1,10-12,18-19,43H,3-9,13-16H2/t18-,19+,33+/m1/s1. The van der Waals surface area contributed by atoms with Crippen molar-refractivity contribution in [1.29, 1.82) is 0 Å². The maximum atomic E-state index is 16.9. The molecule has 2 aromatic heterocycles. The van der Waals surface area contributed by atoms with Crippen LogP contribution in [0.2, 0.25) is 0 Å². The van der Waals surface area contributed by atoms with Crippen molar-refractivity contribution in [3.63, 3.8) is 0 Å². The fourth-order valence-corrected chi connectivity index (χ4v) is 7.73. The minimum atomic E-state index is -1.27. The third-order valence-electron chi connectivity index (χ3n) is 9.77. The van der Waals surface area contributed by atoms with Crippen molar-refractivity contribution >= 4 is 27.5 Å².